The van der Waals surface area contributed by atoms with Crippen LogP contribution in [0.4, 0.5) is 4.39 Å². The van der Waals surface area contributed by atoms with Crippen LogP contribution in [0.25, 0.3) is 12.2 Å². The van der Waals surface area contributed by atoms with Crippen molar-refractivity contribution < 1.29 is 17.9 Å². The number of hydrogen-bond donors (Lipinski definition) is 1. The first-order valence-electron chi connectivity index (χ1n) is 8.83. The maximum Gasteiger partial charge on any atom is 0.224 e. The quantitative estimate of drug-likeness (QED) is 0.614. The van der Waals surface area contributed by atoms with Crippen LogP contribution in [0, 0.1) is 5.82 Å². The maximum absolute atomic E-state index is 13.0. The van der Waals surface area contributed by atoms with Crippen LogP contribution < -0.4 is 0 Å². The highest BCUT2D eigenvalue weighted by molar-refractivity contribution is 7.91. The number of benzene rings is 2. The molecule has 0 aliphatic rings. The maximum atomic E-state index is 13.0. The molecule has 0 amide bonds. The van der Waals surface area contributed by atoms with Crippen LogP contribution in [0.15, 0.2) is 76.8 Å². The summed E-state index contributed by atoms with van der Waals surface area (Å²) in [5.41, 5.74) is 1.94. The molecule has 4 nitrogen and oxygen atoms in total. The minimum absolute atomic E-state index is 0.106. The summed E-state index contributed by atoms with van der Waals surface area (Å²) >= 11 is 0. The minimum atomic E-state index is -3.85. The van der Waals surface area contributed by atoms with E-state index >= 15 is 0 Å². The topological polar surface area (TPSA) is 67.3 Å². The van der Waals surface area contributed by atoms with E-state index in [1.54, 1.807) is 43.3 Å². The zero-order chi connectivity index (χ0) is 20.1. The van der Waals surface area contributed by atoms with Crippen molar-refractivity contribution in [3.63, 3.8) is 0 Å². The molecule has 6 heteroatoms. The van der Waals surface area contributed by atoms with Gasteiger partial charge in [-0.2, -0.15) is 0 Å². The second kappa shape index (κ2) is 8.46. The number of halogens is 1. The van der Waals surface area contributed by atoms with Gasteiger partial charge in [-0.15, -0.1) is 0 Å². The number of hydrogen-bond acceptors (Lipinski definition) is 4. The third-order valence-corrected chi connectivity index (χ3v) is 6.07. The third kappa shape index (κ3) is 4.35. The first-order valence-corrected chi connectivity index (χ1v) is 10.3. The molecule has 1 atom stereocenters. The summed E-state index contributed by atoms with van der Waals surface area (Å²) in [6, 6.07) is 15.7. The lowest BCUT2D eigenvalue weighted by atomic mass is 10.1. The molecule has 144 valence electrons. The van der Waals surface area contributed by atoms with Crippen LogP contribution in [0.1, 0.15) is 36.1 Å². The van der Waals surface area contributed by atoms with Gasteiger partial charge in [0.1, 0.15) is 5.82 Å². The molecular weight excluding hydrogens is 377 g/mol. The van der Waals surface area contributed by atoms with E-state index in [0.29, 0.717) is 12.0 Å². The van der Waals surface area contributed by atoms with Crippen LogP contribution in [-0.4, -0.2) is 18.5 Å². The molecule has 1 heterocycles. The van der Waals surface area contributed by atoms with E-state index in [1.807, 2.05) is 12.2 Å². The summed E-state index contributed by atoms with van der Waals surface area (Å²) in [5, 5.41) is 10.00. The second-order valence-electron chi connectivity index (χ2n) is 6.28. The molecule has 0 aliphatic carbocycles. The largest absolute Gasteiger partial charge is 0.388 e. The van der Waals surface area contributed by atoms with Gasteiger partial charge in [0, 0.05) is 11.8 Å². The van der Waals surface area contributed by atoms with Crippen molar-refractivity contribution in [3.8, 4) is 0 Å². The van der Waals surface area contributed by atoms with Gasteiger partial charge >= 0.3 is 0 Å². The molecule has 28 heavy (non-hydrogen) atoms. The lowest BCUT2D eigenvalue weighted by Gasteiger charge is -2.13. The number of aliphatic hydroxyl groups is 1. The molecule has 2 aromatic carbocycles. The predicted octanol–water partition coefficient (Wildman–Crippen LogP) is 4.67. The molecule has 0 aliphatic heterocycles. The first-order chi connectivity index (χ1) is 13.4. The monoisotopic (exact) mass is 397 g/mol. The minimum Gasteiger partial charge on any atom is -0.388 e. The van der Waals surface area contributed by atoms with Gasteiger partial charge in [0.2, 0.25) is 9.84 Å². The van der Waals surface area contributed by atoms with Gasteiger partial charge in [0.05, 0.1) is 11.0 Å². The molecule has 0 radical (unpaired) electrons. The highest BCUT2D eigenvalue weighted by Gasteiger charge is 2.25. The van der Waals surface area contributed by atoms with Gasteiger partial charge in [0.15, 0.2) is 5.03 Å². The summed E-state index contributed by atoms with van der Waals surface area (Å²) in [6.07, 6.45) is 4.53. The number of pyridine rings is 1. The van der Waals surface area contributed by atoms with Gasteiger partial charge < -0.3 is 5.11 Å². The van der Waals surface area contributed by atoms with E-state index < -0.39 is 15.9 Å². The molecule has 1 unspecified atom stereocenters. The molecule has 0 spiro atoms. The lowest BCUT2D eigenvalue weighted by Crippen LogP contribution is -2.10. The molecule has 0 saturated carbocycles. The fourth-order valence-electron chi connectivity index (χ4n) is 2.74. The summed E-state index contributed by atoms with van der Waals surface area (Å²) in [5.74, 6) is -0.297. The van der Waals surface area contributed by atoms with Crippen molar-refractivity contribution in [2.75, 3.05) is 0 Å². The van der Waals surface area contributed by atoms with Crippen molar-refractivity contribution in [1.82, 2.24) is 4.98 Å². The van der Waals surface area contributed by atoms with Gasteiger partial charge in [0.25, 0.3) is 0 Å². The van der Waals surface area contributed by atoms with Gasteiger partial charge in [-0.25, -0.2) is 17.8 Å². The average Bonchev–Trinajstić information content (AvgIpc) is 2.73. The molecule has 0 fully saturated rings. The SMILES string of the molecule is CCC(O)c1cccnc1S(=O)(=O)c1ccc(/C=C/c2ccc(F)cc2)cc1. The molecule has 0 bridgehead atoms. The molecular formula is C22H20FNO3S. The third-order valence-electron chi connectivity index (χ3n) is 4.33. The van der Waals surface area contributed by atoms with E-state index in [-0.39, 0.29) is 15.7 Å². The number of aliphatic hydroxyl groups excluding tert-OH is 1. The Labute approximate surface area is 163 Å². The Morgan fingerprint density at radius 3 is 2.14 bits per heavy atom. The van der Waals surface area contributed by atoms with E-state index in [0.717, 1.165) is 11.1 Å². The van der Waals surface area contributed by atoms with Gasteiger partial charge in [-0.3, -0.25) is 0 Å². The molecule has 0 saturated heterocycles. The van der Waals surface area contributed by atoms with Crippen molar-refractivity contribution in [1.29, 1.82) is 0 Å². The Hall–Kier alpha value is -2.83. The molecule has 1 aromatic heterocycles. The second-order valence-corrected chi connectivity index (χ2v) is 8.14. The number of aromatic nitrogens is 1. The van der Waals surface area contributed by atoms with Crippen molar-refractivity contribution >= 4 is 22.0 Å². The van der Waals surface area contributed by atoms with Crippen LogP contribution in [0.2, 0.25) is 0 Å². The Morgan fingerprint density at radius 2 is 1.57 bits per heavy atom. The van der Waals surface area contributed by atoms with E-state index in [4.69, 9.17) is 0 Å². The predicted molar refractivity (Wildman–Crippen MR) is 107 cm³/mol. The smallest absolute Gasteiger partial charge is 0.224 e. The van der Waals surface area contributed by atoms with Crippen molar-refractivity contribution in [3.05, 3.63) is 89.4 Å². The zero-order valence-corrected chi connectivity index (χ0v) is 16.1. The summed E-state index contributed by atoms with van der Waals surface area (Å²) in [7, 11) is -3.85. The van der Waals surface area contributed by atoms with Crippen LogP contribution in [0.5, 0.6) is 0 Å². The zero-order valence-electron chi connectivity index (χ0n) is 15.3. The lowest BCUT2D eigenvalue weighted by molar-refractivity contribution is 0.169. The number of rotatable bonds is 6. The highest BCUT2D eigenvalue weighted by atomic mass is 32.2. The normalized spacial score (nSPS) is 13.0. The van der Waals surface area contributed by atoms with Crippen LogP contribution in [-0.2, 0) is 9.84 Å². The van der Waals surface area contributed by atoms with E-state index in [9.17, 15) is 17.9 Å². The van der Waals surface area contributed by atoms with Crippen molar-refractivity contribution in [2.24, 2.45) is 0 Å². The molecule has 3 rings (SSSR count). The van der Waals surface area contributed by atoms with Gasteiger partial charge in [-0.05, 0) is 47.9 Å². The van der Waals surface area contributed by atoms with Crippen LogP contribution >= 0.6 is 0 Å². The summed E-state index contributed by atoms with van der Waals surface area (Å²) < 4.78 is 38.9. The van der Waals surface area contributed by atoms with E-state index in [2.05, 4.69) is 4.98 Å². The highest BCUT2D eigenvalue weighted by Crippen LogP contribution is 2.28. The molecule has 3 aromatic rings. The standard InChI is InChI=1S/C22H20FNO3S/c1-2-21(25)20-4-3-15-24-22(20)28(26,27)19-13-9-17(10-14-19)6-5-16-7-11-18(23)12-8-16/h3-15,21,25H,2H2,1H3/b6-5+. The average molecular weight is 397 g/mol. The fourth-order valence-corrected chi connectivity index (χ4v) is 4.17. The first kappa shape index (κ1) is 19.9. The Kier molecular flexibility index (Phi) is 6.02. The van der Waals surface area contributed by atoms with Gasteiger partial charge in [-0.1, -0.05) is 49.4 Å². The summed E-state index contributed by atoms with van der Waals surface area (Å²) in [4.78, 5) is 4.11. The van der Waals surface area contributed by atoms with Crippen LogP contribution in [0.3, 0.4) is 0 Å². The number of nitrogens with zero attached hydrogens (tertiary/aromatic N) is 1. The van der Waals surface area contributed by atoms with Crippen molar-refractivity contribution in [2.45, 2.75) is 29.4 Å². The Bertz CT molecular complexity index is 1080. The Balaban J connectivity index is 1.88. The molecule has 1 N–H and O–H groups in total. The number of sulfone groups is 1. The Morgan fingerprint density at radius 1 is 1.00 bits per heavy atom. The summed E-state index contributed by atoms with van der Waals surface area (Å²) in [6.45, 7) is 1.77. The fraction of sp³-hybridized carbons (Fsp3) is 0.136. The van der Waals surface area contributed by atoms with E-state index in [1.165, 1.54) is 30.5 Å².